The summed E-state index contributed by atoms with van der Waals surface area (Å²) in [6.45, 7) is 2.59. The molecule has 1 aromatic carbocycles. The van der Waals surface area contributed by atoms with Crippen LogP contribution in [0.2, 0.25) is 0 Å². The smallest absolute Gasteiger partial charge is 0.491 e. The van der Waals surface area contributed by atoms with E-state index in [-0.39, 0.29) is 6.61 Å². The van der Waals surface area contributed by atoms with E-state index < -0.39 is 19.1 Å². The fourth-order valence-electron chi connectivity index (χ4n) is 1.43. The lowest BCUT2D eigenvalue weighted by molar-refractivity contribution is -0.325. The molecule has 0 aliphatic heterocycles. The van der Waals surface area contributed by atoms with Gasteiger partial charge < -0.3 is 9.84 Å². The Morgan fingerprint density at radius 2 is 1.94 bits per heavy atom. The lowest BCUT2D eigenvalue weighted by Crippen LogP contribution is -2.18. The van der Waals surface area contributed by atoms with Crippen molar-refractivity contribution in [2.24, 2.45) is 0 Å². The van der Waals surface area contributed by atoms with Gasteiger partial charge in [-0.3, -0.25) is 4.74 Å². The van der Waals surface area contributed by atoms with Gasteiger partial charge in [0.25, 0.3) is 0 Å². The average molecular weight is 264 g/mol. The predicted molar refractivity (Wildman–Crippen MR) is 59.3 cm³/mol. The first-order valence-electron chi connectivity index (χ1n) is 5.41. The number of hydrogen-bond acceptors (Lipinski definition) is 3. The zero-order valence-corrected chi connectivity index (χ0v) is 10.1. The summed E-state index contributed by atoms with van der Waals surface area (Å²) in [5.41, 5.74) is 1.48. The number of ether oxygens (including phenoxy) is 2. The number of rotatable bonds is 5. The van der Waals surface area contributed by atoms with Gasteiger partial charge in [-0.15, -0.1) is 13.2 Å². The molecular formula is C12H15F3O3. The molecule has 18 heavy (non-hydrogen) atoms. The first-order valence-corrected chi connectivity index (χ1v) is 5.41. The Kier molecular flexibility index (Phi) is 4.98. The van der Waals surface area contributed by atoms with Crippen LogP contribution in [0.3, 0.4) is 0 Å². The van der Waals surface area contributed by atoms with Crippen molar-refractivity contribution in [2.75, 3.05) is 13.2 Å². The molecule has 102 valence electrons. The molecule has 0 aliphatic carbocycles. The van der Waals surface area contributed by atoms with Crippen LogP contribution in [0.25, 0.3) is 0 Å². The molecule has 1 rings (SSSR count). The standard InChI is InChI=1S/C12H15F3O3/c1-8-3-4-11(10(7-8)9(2)16)17-5-6-18-12(13,14)15/h3-4,7,9,16H,5-6H2,1-2H3/t9-/m0/s1. The summed E-state index contributed by atoms with van der Waals surface area (Å²) in [4.78, 5) is 0. The Morgan fingerprint density at radius 3 is 2.50 bits per heavy atom. The maximum absolute atomic E-state index is 11.7. The van der Waals surface area contributed by atoms with Crippen molar-refractivity contribution in [1.82, 2.24) is 0 Å². The van der Waals surface area contributed by atoms with Gasteiger partial charge >= 0.3 is 6.36 Å². The molecular weight excluding hydrogens is 249 g/mol. The maximum Gasteiger partial charge on any atom is 0.522 e. The van der Waals surface area contributed by atoms with E-state index in [1.165, 1.54) is 0 Å². The number of hydrogen-bond donors (Lipinski definition) is 1. The van der Waals surface area contributed by atoms with Crippen LogP contribution in [0.5, 0.6) is 5.75 Å². The average Bonchev–Trinajstić information content (AvgIpc) is 2.24. The van der Waals surface area contributed by atoms with Gasteiger partial charge in [-0.25, -0.2) is 0 Å². The van der Waals surface area contributed by atoms with E-state index in [0.717, 1.165) is 5.56 Å². The molecule has 3 nitrogen and oxygen atoms in total. The van der Waals surface area contributed by atoms with Crippen LogP contribution in [0, 0.1) is 6.92 Å². The molecule has 0 unspecified atom stereocenters. The Bertz CT molecular complexity index is 389. The van der Waals surface area contributed by atoms with Gasteiger partial charge in [0.15, 0.2) is 0 Å². The summed E-state index contributed by atoms with van der Waals surface area (Å²) in [6, 6.07) is 5.10. The molecule has 0 saturated heterocycles. The van der Waals surface area contributed by atoms with E-state index in [0.29, 0.717) is 11.3 Å². The van der Waals surface area contributed by atoms with Crippen molar-refractivity contribution in [3.8, 4) is 5.75 Å². The molecule has 0 bridgehead atoms. The van der Waals surface area contributed by atoms with Gasteiger partial charge in [0.2, 0.25) is 0 Å². The van der Waals surface area contributed by atoms with E-state index in [1.807, 2.05) is 6.92 Å². The first-order chi connectivity index (χ1) is 8.29. The van der Waals surface area contributed by atoms with Gasteiger partial charge in [-0.2, -0.15) is 0 Å². The Balaban J connectivity index is 2.57. The van der Waals surface area contributed by atoms with Gasteiger partial charge in [-0.1, -0.05) is 11.6 Å². The molecule has 0 aromatic heterocycles. The van der Waals surface area contributed by atoms with E-state index in [2.05, 4.69) is 4.74 Å². The third kappa shape index (κ3) is 4.93. The highest BCUT2D eigenvalue weighted by molar-refractivity contribution is 5.38. The van der Waals surface area contributed by atoms with E-state index >= 15 is 0 Å². The van der Waals surface area contributed by atoms with Gasteiger partial charge in [0, 0.05) is 5.56 Å². The summed E-state index contributed by atoms with van der Waals surface area (Å²) in [6.07, 6.45) is -5.40. The maximum atomic E-state index is 11.7. The minimum atomic E-state index is -4.65. The summed E-state index contributed by atoms with van der Waals surface area (Å²) in [5, 5.41) is 9.52. The Morgan fingerprint density at radius 1 is 1.28 bits per heavy atom. The Labute approximate surface area is 103 Å². The molecule has 1 N–H and O–H groups in total. The van der Waals surface area contributed by atoms with Crippen LogP contribution >= 0.6 is 0 Å². The number of alkyl halides is 3. The topological polar surface area (TPSA) is 38.7 Å². The summed E-state index contributed by atoms with van der Waals surface area (Å²) < 4.78 is 43.9. The second kappa shape index (κ2) is 6.06. The molecule has 6 heteroatoms. The zero-order chi connectivity index (χ0) is 13.8. The van der Waals surface area contributed by atoms with Crippen molar-refractivity contribution in [1.29, 1.82) is 0 Å². The number of aliphatic hydroxyl groups excluding tert-OH is 1. The second-order valence-corrected chi connectivity index (χ2v) is 3.86. The van der Waals surface area contributed by atoms with Gasteiger partial charge in [-0.05, 0) is 26.0 Å². The fraction of sp³-hybridized carbons (Fsp3) is 0.500. The first kappa shape index (κ1) is 14.8. The lowest BCUT2D eigenvalue weighted by Gasteiger charge is -2.14. The van der Waals surface area contributed by atoms with Gasteiger partial charge in [0.05, 0.1) is 12.7 Å². The van der Waals surface area contributed by atoms with E-state index in [9.17, 15) is 18.3 Å². The largest absolute Gasteiger partial charge is 0.522 e. The number of aliphatic hydroxyl groups is 1. The summed E-state index contributed by atoms with van der Waals surface area (Å²) >= 11 is 0. The minimum Gasteiger partial charge on any atom is -0.491 e. The summed E-state index contributed by atoms with van der Waals surface area (Å²) in [7, 11) is 0. The minimum absolute atomic E-state index is 0.234. The SMILES string of the molecule is Cc1ccc(OCCOC(F)(F)F)c([C@H](C)O)c1. The van der Waals surface area contributed by atoms with Crippen LogP contribution in [0.15, 0.2) is 18.2 Å². The van der Waals surface area contributed by atoms with Crippen molar-refractivity contribution in [3.05, 3.63) is 29.3 Å². The predicted octanol–water partition coefficient (Wildman–Crippen LogP) is 2.96. The molecule has 0 amide bonds. The summed E-state index contributed by atoms with van der Waals surface area (Å²) in [5.74, 6) is 0.362. The van der Waals surface area contributed by atoms with Crippen molar-refractivity contribution >= 4 is 0 Å². The monoisotopic (exact) mass is 264 g/mol. The molecule has 0 aliphatic rings. The molecule has 0 heterocycles. The third-order valence-corrected chi connectivity index (χ3v) is 2.22. The van der Waals surface area contributed by atoms with Crippen LogP contribution in [-0.2, 0) is 4.74 Å². The molecule has 1 atom stereocenters. The highest BCUT2D eigenvalue weighted by atomic mass is 19.4. The lowest BCUT2D eigenvalue weighted by atomic mass is 10.1. The molecule has 0 fully saturated rings. The quantitative estimate of drug-likeness (QED) is 0.831. The zero-order valence-electron chi connectivity index (χ0n) is 10.1. The van der Waals surface area contributed by atoms with Crippen LogP contribution < -0.4 is 4.74 Å². The van der Waals surface area contributed by atoms with E-state index in [4.69, 9.17) is 4.74 Å². The van der Waals surface area contributed by atoms with Crippen LogP contribution in [-0.4, -0.2) is 24.7 Å². The molecule has 0 saturated carbocycles. The highest BCUT2D eigenvalue weighted by Gasteiger charge is 2.28. The number of aryl methyl sites for hydroxylation is 1. The third-order valence-electron chi connectivity index (χ3n) is 2.22. The van der Waals surface area contributed by atoms with Crippen LogP contribution in [0.1, 0.15) is 24.2 Å². The van der Waals surface area contributed by atoms with Crippen molar-refractivity contribution in [3.63, 3.8) is 0 Å². The van der Waals surface area contributed by atoms with E-state index in [1.54, 1.807) is 25.1 Å². The molecule has 1 aromatic rings. The molecule has 0 spiro atoms. The fourth-order valence-corrected chi connectivity index (χ4v) is 1.43. The number of halogens is 3. The van der Waals surface area contributed by atoms with Crippen molar-refractivity contribution < 1.29 is 27.8 Å². The normalized spacial score (nSPS) is 13.4. The van der Waals surface area contributed by atoms with Crippen LogP contribution in [0.4, 0.5) is 13.2 Å². The number of benzene rings is 1. The highest BCUT2D eigenvalue weighted by Crippen LogP contribution is 2.26. The van der Waals surface area contributed by atoms with Crippen molar-refractivity contribution in [2.45, 2.75) is 26.3 Å². The Hall–Kier alpha value is -1.27. The molecule has 0 radical (unpaired) electrons. The van der Waals surface area contributed by atoms with Gasteiger partial charge in [0.1, 0.15) is 12.4 Å². The second-order valence-electron chi connectivity index (χ2n) is 3.86.